The molecule has 1 N–H and O–H groups in total. The molecule has 2 aromatic rings. The van der Waals surface area contributed by atoms with Gasteiger partial charge in [-0.1, -0.05) is 12.1 Å². The van der Waals surface area contributed by atoms with Crippen molar-refractivity contribution in [2.75, 3.05) is 31.7 Å². The molecule has 2 heterocycles. The molecule has 1 atom stereocenters. The summed E-state index contributed by atoms with van der Waals surface area (Å²) in [5, 5.41) is 10.0. The van der Waals surface area contributed by atoms with Gasteiger partial charge in [0.25, 0.3) is 0 Å². The van der Waals surface area contributed by atoms with Crippen LogP contribution in [0.25, 0.3) is 11.4 Å². The van der Waals surface area contributed by atoms with E-state index in [9.17, 15) is 5.11 Å². The minimum Gasteiger partial charge on any atom is -0.507 e. The van der Waals surface area contributed by atoms with Crippen molar-refractivity contribution in [3.05, 3.63) is 36.0 Å². The van der Waals surface area contributed by atoms with Crippen molar-refractivity contribution >= 4 is 5.82 Å². The lowest BCUT2D eigenvalue weighted by molar-refractivity contribution is 0.186. The van der Waals surface area contributed by atoms with Crippen LogP contribution in [0.3, 0.4) is 0 Å². The molecular weight excluding hydrogens is 278 g/mol. The monoisotopic (exact) mass is 299 g/mol. The highest BCUT2D eigenvalue weighted by Gasteiger charge is 2.19. The zero-order valence-corrected chi connectivity index (χ0v) is 13.0. The Morgan fingerprint density at radius 1 is 1.32 bits per heavy atom. The van der Waals surface area contributed by atoms with Gasteiger partial charge >= 0.3 is 0 Å². The Balaban J connectivity index is 1.87. The lowest BCUT2D eigenvalue weighted by atomic mass is 10.1. The molecule has 1 fully saturated rings. The Morgan fingerprint density at radius 2 is 2.14 bits per heavy atom. The van der Waals surface area contributed by atoms with Crippen LogP contribution in [0, 0.1) is 12.8 Å². The topological polar surface area (TPSA) is 58.5 Å². The number of rotatable bonds is 4. The van der Waals surface area contributed by atoms with Gasteiger partial charge in [-0.2, -0.15) is 0 Å². The lowest BCUT2D eigenvalue weighted by Gasteiger charge is -2.22. The maximum absolute atomic E-state index is 10.0. The highest BCUT2D eigenvalue weighted by molar-refractivity contribution is 5.65. The van der Waals surface area contributed by atoms with E-state index in [0.717, 1.165) is 37.7 Å². The van der Waals surface area contributed by atoms with Crippen molar-refractivity contribution in [2.45, 2.75) is 13.3 Å². The molecule has 1 saturated heterocycles. The molecule has 0 bridgehead atoms. The number of nitrogens with zero attached hydrogens (tertiary/aromatic N) is 3. The molecule has 22 heavy (non-hydrogen) atoms. The van der Waals surface area contributed by atoms with E-state index in [1.165, 1.54) is 0 Å². The van der Waals surface area contributed by atoms with E-state index in [0.29, 0.717) is 17.3 Å². The normalized spacial score (nSPS) is 17.6. The van der Waals surface area contributed by atoms with Crippen LogP contribution in [-0.2, 0) is 4.74 Å². The molecule has 0 unspecified atom stereocenters. The van der Waals surface area contributed by atoms with Gasteiger partial charge in [-0.05, 0) is 25.5 Å². The fourth-order valence-corrected chi connectivity index (χ4v) is 2.74. The van der Waals surface area contributed by atoms with E-state index in [2.05, 4.69) is 14.9 Å². The van der Waals surface area contributed by atoms with Crippen LogP contribution >= 0.6 is 0 Å². The molecule has 3 rings (SSSR count). The third-order valence-corrected chi connectivity index (χ3v) is 3.93. The van der Waals surface area contributed by atoms with Gasteiger partial charge in [0, 0.05) is 37.9 Å². The van der Waals surface area contributed by atoms with Crippen LogP contribution in [0.4, 0.5) is 5.82 Å². The molecule has 0 amide bonds. The van der Waals surface area contributed by atoms with Crippen molar-refractivity contribution in [1.29, 1.82) is 0 Å². The summed E-state index contributed by atoms with van der Waals surface area (Å²) in [5.41, 5.74) is 1.54. The largest absolute Gasteiger partial charge is 0.507 e. The van der Waals surface area contributed by atoms with Crippen LogP contribution in [0.5, 0.6) is 5.75 Å². The minimum absolute atomic E-state index is 0.200. The second-order valence-corrected chi connectivity index (χ2v) is 5.82. The summed E-state index contributed by atoms with van der Waals surface area (Å²) in [4.78, 5) is 11.2. The average Bonchev–Trinajstić information content (AvgIpc) is 3.00. The van der Waals surface area contributed by atoms with E-state index in [1.54, 1.807) is 12.1 Å². The number of aryl methyl sites for hydroxylation is 1. The van der Waals surface area contributed by atoms with Crippen molar-refractivity contribution < 1.29 is 9.84 Å². The zero-order valence-electron chi connectivity index (χ0n) is 13.0. The SMILES string of the molecule is Cc1cc(N(C)C[C@H]2CCOC2)nc(-c2ccccc2O)n1. The summed E-state index contributed by atoms with van der Waals surface area (Å²) >= 11 is 0. The average molecular weight is 299 g/mol. The van der Waals surface area contributed by atoms with Crippen LogP contribution in [0.1, 0.15) is 12.1 Å². The van der Waals surface area contributed by atoms with Gasteiger partial charge in [-0.25, -0.2) is 9.97 Å². The van der Waals surface area contributed by atoms with E-state index < -0.39 is 0 Å². The minimum atomic E-state index is 0.200. The standard InChI is InChI=1S/C17H21N3O2/c1-12-9-16(20(2)10-13-7-8-22-11-13)19-17(18-12)14-5-3-4-6-15(14)21/h3-6,9,13,21H,7-8,10-11H2,1-2H3/t13-/m1/s1. The second kappa shape index (κ2) is 6.32. The van der Waals surface area contributed by atoms with Crippen molar-refractivity contribution in [3.8, 4) is 17.1 Å². The Morgan fingerprint density at radius 3 is 2.86 bits per heavy atom. The third kappa shape index (κ3) is 3.20. The van der Waals surface area contributed by atoms with Crippen LogP contribution in [0.2, 0.25) is 0 Å². The fraction of sp³-hybridized carbons (Fsp3) is 0.412. The van der Waals surface area contributed by atoms with Crippen LogP contribution in [0.15, 0.2) is 30.3 Å². The first-order chi connectivity index (χ1) is 10.6. The number of anilines is 1. The molecule has 1 aliphatic rings. The molecule has 1 aromatic heterocycles. The maximum atomic E-state index is 10.0. The Bertz CT molecular complexity index is 654. The predicted molar refractivity (Wildman–Crippen MR) is 86.1 cm³/mol. The highest BCUT2D eigenvalue weighted by atomic mass is 16.5. The fourth-order valence-electron chi connectivity index (χ4n) is 2.74. The zero-order chi connectivity index (χ0) is 15.5. The van der Waals surface area contributed by atoms with Crippen LogP contribution < -0.4 is 4.90 Å². The molecule has 0 radical (unpaired) electrons. The number of phenols is 1. The Hall–Kier alpha value is -2.14. The predicted octanol–water partition coefficient (Wildman–Crippen LogP) is 2.63. The van der Waals surface area contributed by atoms with E-state index in [1.807, 2.05) is 32.2 Å². The molecule has 0 saturated carbocycles. The lowest BCUT2D eigenvalue weighted by Crippen LogP contribution is -2.26. The van der Waals surface area contributed by atoms with Crippen LogP contribution in [-0.4, -0.2) is 41.9 Å². The van der Waals surface area contributed by atoms with E-state index in [-0.39, 0.29) is 5.75 Å². The summed E-state index contributed by atoms with van der Waals surface area (Å²) in [6.07, 6.45) is 1.10. The van der Waals surface area contributed by atoms with Gasteiger partial charge in [-0.15, -0.1) is 0 Å². The van der Waals surface area contributed by atoms with E-state index >= 15 is 0 Å². The number of hydrogen-bond acceptors (Lipinski definition) is 5. The summed E-state index contributed by atoms with van der Waals surface area (Å²) in [5.74, 6) is 2.18. The number of aromatic nitrogens is 2. The van der Waals surface area contributed by atoms with Gasteiger partial charge in [-0.3, -0.25) is 0 Å². The number of phenolic OH excluding ortho intramolecular Hbond substituents is 1. The molecule has 0 spiro atoms. The number of ether oxygens (including phenoxy) is 1. The van der Waals surface area contributed by atoms with Crippen molar-refractivity contribution in [1.82, 2.24) is 9.97 Å². The number of para-hydroxylation sites is 1. The number of hydrogen-bond donors (Lipinski definition) is 1. The van der Waals surface area contributed by atoms with E-state index in [4.69, 9.17) is 4.74 Å². The van der Waals surface area contributed by atoms with Gasteiger partial charge < -0.3 is 14.7 Å². The third-order valence-electron chi connectivity index (χ3n) is 3.93. The molecule has 0 aliphatic carbocycles. The quantitative estimate of drug-likeness (QED) is 0.940. The molecule has 5 nitrogen and oxygen atoms in total. The first kappa shape index (κ1) is 14.8. The second-order valence-electron chi connectivity index (χ2n) is 5.82. The molecule has 1 aromatic carbocycles. The maximum Gasteiger partial charge on any atom is 0.165 e. The number of benzene rings is 1. The molecule has 116 valence electrons. The summed E-state index contributed by atoms with van der Waals surface area (Å²) < 4.78 is 5.43. The smallest absolute Gasteiger partial charge is 0.165 e. The molecular formula is C17H21N3O2. The first-order valence-electron chi connectivity index (χ1n) is 7.56. The Kier molecular flexibility index (Phi) is 4.24. The molecule has 5 heteroatoms. The van der Waals surface area contributed by atoms with Crippen molar-refractivity contribution in [2.24, 2.45) is 5.92 Å². The molecule has 1 aliphatic heterocycles. The number of aromatic hydroxyl groups is 1. The summed E-state index contributed by atoms with van der Waals surface area (Å²) in [7, 11) is 2.04. The first-order valence-corrected chi connectivity index (χ1v) is 7.56. The highest BCUT2D eigenvalue weighted by Crippen LogP contribution is 2.27. The van der Waals surface area contributed by atoms with Gasteiger partial charge in [0.1, 0.15) is 11.6 Å². The summed E-state index contributed by atoms with van der Waals surface area (Å²) in [6, 6.07) is 9.13. The Labute approximate surface area is 130 Å². The van der Waals surface area contributed by atoms with Gasteiger partial charge in [0.05, 0.1) is 12.2 Å². The summed E-state index contributed by atoms with van der Waals surface area (Å²) in [6.45, 7) is 4.53. The van der Waals surface area contributed by atoms with Crippen molar-refractivity contribution in [3.63, 3.8) is 0 Å². The van der Waals surface area contributed by atoms with Gasteiger partial charge in [0.15, 0.2) is 5.82 Å². The van der Waals surface area contributed by atoms with Gasteiger partial charge in [0.2, 0.25) is 0 Å².